The van der Waals surface area contributed by atoms with E-state index in [1.54, 1.807) is 13.1 Å². The molecule has 1 aliphatic carbocycles. The molecule has 0 spiro atoms. The minimum atomic E-state index is 0.101. The molecule has 0 aromatic carbocycles. The topological polar surface area (TPSA) is 38.1 Å². The van der Waals surface area contributed by atoms with E-state index in [1.165, 1.54) is 0 Å². The van der Waals surface area contributed by atoms with Crippen LogP contribution in [0.15, 0.2) is 12.4 Å². The highest BCUT2D eigenvalue weighted by Crippen LogP contribution is 2.54. The molecule has 2 fully saturated rings. The zero-order chi connectivity index (χ0) is 10.5. The average molecular weight is 204 g/mol. The molecule has 1 amide bonds. The van der Waals surface area contributed by atoms with Crippen LogP contribution >= 0.6 is 0 Å². The van der Waals surface area contributed by atoms with Crippen LogP contribution in [0.2, 0.25) is 0 Å². The smallest absolute Gasteiger partial charge is 0.219 e. The van der Waals surface area contributed by atoms with E-state index in [0.717, 1.165) is 25.9 Å². The van der Waals surface area contributed by atoms with Gasteiger partial charge >= 0.3 is 0 Å². The van der Waals surface area contributed by atoms with Gasteiger partial charge in [0.2, 0.25) is 5.91 Å². The number of carbonyl (C=O) groups is 1. The highest BCUT2D eigenvalue weighted by Gasteiger charge is 2.59. The van der Waals surface area contributed by atoms with E-state index in [0.29, 0.717) is 5.92 Å². The monoisotopic (exact) mass is 204 g/mol. The molecule has 4 heteroatoms. The van der Waals surface area contributed by atoms with Crippen molar-refractivity contribution in [3.8, 4) is 0 Å². The summed E-state index contributed by atoms with van der Waals surface area (Å²) in [5.41, 5.74) is 0.101. The lowest BCUT2D eigenvalue weighted by Crippen LogP contribution is -2.44. The largest absolute Gasteiger partial charge is 0.340 e. The van der Waals surface area contributed by atoms with E-state index >= 15 is 0 Å². The van der Waals surface area contributed by atoms with Gasteiger partial charge in [0.25, 0.3) is 0 Å². The Balaban J connectivity index is 1.86. The SMILES string of the molecule is CC(=O)N1CCC2CC2(n2c[c]cn2)C1. The first-order valence-electron chi connectivity index (χ1n) is 5.39. The lowest BCUT2D eigenvalue weighted by Gasteiger charge is -2.32. The van der Waals surface area contributed by atoms with E-state index in [4.69, 9.17) is 0 Å². The molecule has 1 aromatic rings. The molecule has 2 unspecified atom stereocenters. The second kappa shape index (κ2) is 2.84. The van der Waals surface area contributed by atoms with Crippen LogP contribution in [0.3, 0.4) is 0 Å². The van der Waals surface area contributed by atoms with Gasteiger partial charge < -0.3 is 4.90 Å². The van der Waals surface area contributed by atoms with Gasteiger partial charge in [0.05, 0.1) is 11.7 Å². The van der Waals surface area contributed by atoms with Gasteiger partial charge in [0.1, 0.15) is 0 Å². The van der Waals surface area contributed by atoms with Crippen molar-refractivity contribution in [2.24, 2.45) is 5.92 Å². The predicted molar refractivity (Wildman–Crippen MR) is 54.0 cm³/mol. The summed E-state index contributed by atoms with van der Waals surface area (Å²) in [5.74, 6) is 0.886. The van der Waals surface area contributed by atoms with Crippen molar-refractivity contribution in [2.75, 3.05) is 13.1 Å². The van der Waals surface area contributed by atoms with Crippen LogP contribution in [0.25, 0.3) is 0 Å². The van der Waals surface area contributed by atoms with Gasteiger partial charge in [-0.2, -0.15) is 5.10 Å². The molecule has 0 bridgehead atoms. The molecule has 1 aromatic heterocycles. The molecular weight excluding hydrogens is 190 g/mol. The van der Waals surface area contributed by atoms with Crippen LogP contribution < -0.4 is 0 Å². The van der Waals surface area contributed by atoms with E-state index in [-0.39, 0.29) is 11.4 Å². The number of hydrogen-bond acceptors (Lipinski definition) is 2. The maximum absolute atomic E-state index is 11.4. The molecule has 1 aliphatic heterocycles. The molecule has 0 N–H and O–H groups in total. The van der Waals surface area contributed by atoms with Crippen LogP contribution in [0.5, 0.6) is 0 Å². The highest BCUT2D eigenvalue weighted by molar-refractivity contribution is 5.73. The fraction of sp³-hybridized carbons (Fsp3) is 0.636. The lowest BCUT2D eigenvalue weighted by molar-refractivity contribution is -0.130. The van der Waals surface area contributed by atoms with Crippen molar-refractivity contribution in [1.82, 2.24) is 14.7 Å². The molecule has 2 atom stereocenters. The van der Waals surface area contributed by atoms with Gasteiger partial charge in [-0.3, -0.25) is 9.48 Å². The van der Waals surface area contributed by atoms with Gasteiger partial charge in [-0.1, -0.05) is 0 Å². The standard InChI is InChI=1S/C11H14N3O/c1-9(15)13-6-3-10-7-11(10,8-13)14-5-2-4-12-14/h4-5,10H,3,6-8H2,1H3. The predicted octanol–water partition coefficient (Wildman–Crippen LogP) is 0.651. The maximum atomic E-state index is 11.4. The molecular formula is C11H14N3O. The number of carbonyl (C=O) groups excluding carboxylic acids is 1. The summed E-state index contributed by atoms with van der Waals surface area (Å²) in [6.07, 6.45) is 5.85. The van der Waals surface area contributed by atoms with Gasteiger partial charge in [0, 0.05) is 32.3 Å². The minimum Gasteiger partial charge on any atom is -0.340 e. The van der Waals surface area contributed by atoms with Gasteiger partial charge in [-0.15, -0.1) is 0 Å². The summed E-state index contributed by atoms with van der Waals surface area (Å²) in [5, 5.41) is 4.27. The Morgan fingerprint density at radius 2 is 2.53 bits per heavy atom. The van der Waals surface area contributed by atoms with Crippen molar-refractivity contribution in [1.29, 1.82) is 0 Å². The molecule has 15 heavy (non-hydrogen) atoms. The Kier molecular flexibility index (Phi) is 1.69. The summed E-state index contributed by atoms with van der Waals surface area (Å²) >= 11 is 0. The van der Waals surface area contributed by atoms with Crippen LogP contribution in [-0.2, 0) is 10.3 Å². The van der Waals surface area contributed by atoms with Crippen molar-refractivity contribution >= 4 is 5.91 Å². The van der Waals surface area contributed by atoms with Crippen LogP contribution in [0, 0.1) is 12.0 Å². The number of piperidine rings is 1. The molecule has 1 radical (unpaired) electrons. The minimum absolute atomic E-state index is 0.101. The Bertz CT molecular complexity index is 387. The van der Waals surface area contributed by atoms with Crippen molar-refractivity contribution in [2.45, 2.75) is 25.3 Å². The fourth-order valence-corrected chi connectivity index (χ4v) is 2.75. The zero-order valence-corrected chi connectivity index (χ0v) is 8.81. The van der Waals surface area contributed by atoms with Crippen molar-refractivity contribution < 1.29 is 4.79 Å². The second-order valence-corrected chi connectivity index (χ2v) is 4.62. The first kappa shape index (κ1) is 8.95. The first-order valence-corrected chi connectivity index (χ1v) is 5.39. The summed E-state index contributed by atoms with van der Waals surface area (Å²) in [7, 11) is 0. The quantitative estimate of drug-likeness (QED) is 0.673. The number of amides is 1. The molecule has 2 heterocycles. The summed E-state index contributed by atoms with van der Waals surface area (Å²) in [4.78, 5) is 13.3. The Labute approximate surface area is 88.9 Å². The maximum Gasteiger partial charge on any atom is 0.219 e. The van der Waals surface area contributed by atoms with Crippen molar-refractivity contribution in [3.05, 3.63) is 18.5 Å². The highest BCUT2D eigenvalue weighted by atomic mass is 16.2. The number of hydrogen-bond donors (Lipinski definition) is 0. The third kappa shape index (κ3) is 1.20. The number of aromatic nitrogens is 2. The molecule has 3 rings (SSSR count). The van der Waals surface area contributed by atoms with Crippen LogP contribution in [0.1, 0.15) is 19.8 Å². The van der Waals surface area contributed by atoms with E-state index in [9.17, 15) is 4.79 Å². The van der Waals surface area contributed by atoms with Crippen LogP contribution in [-0.4, -0.2) is 33.7 Å². The van der Waals surface area contributed by atoms with Crippen LogP contribution in [0.4, 0.5) is 0 Å². The summed E-state index contributed by atoms with van der Waals surface area (Å²) in [6, 6.07) is 2.97. The number of likely N-dealkylation sites (tertiary alicyclic amines) is 1. The zero-order valence-electron chi connectivity index (χ0n) is 8.81. The number of rotatable bonds is 1. The second-order valence-electron chi connectivity index (χ2n) is 4.62. The first-order chi connectivity index (χ1) is 7.22. The van der Waals surface area contributed by atoms with Gasteiger partial charge in [-0.05, 0) is 18.8 Å². The molecule has 79 valence electrons. The molecule has 1 saturated carbocycles. The Hall–Kier alpha value is -1.32. The van der Waals surface area contributed by atoms with Gasteiger partial charge in [-0.25, -0.2) is 0 Å². The Morgan fingerprint density at radius 1 is 1.67 bits per heavy atom. The van der Waals surface area contributed by atoms with E-state index < -0.39 is 0 Å². The fourth-order valence-electron chi connectivity index (χ4n) is 2.75. The lowest BCUT2D eigenvalue weighted by atomic mass is 10.1. The third-order valence-electron chi connectivity index (χ3n) is 3.77. The molecule has 2 aliphatic rings. The number of fused-ring (bicyclic) bond motifs is 1. The normalized spacial score (nSPS) is 33.7. The average Bonchev–Trinajstić information content (AvgIpc) is 2.70. The number of nitrogens with zero attached hydrogens (tertiary/aromatic N) is 3. The Morgan fingerprint density at radius 3 is 3.20 bits per heavy atom. The third-order valence-corrected chi connectivity index (χ3v) is 3.77. The van der Waals surface area contributed by atoms with Crippen molar-refractivity contribution in [3.63, 3.8) is 0 Å². The van der Waals surface area contributed by atoms with E-state index in [2.05, 4.69) is 11.2 Å². The van der Waals surface area contributed by atoms with E-state index in [1.807, 2.05) is 15.8 Å². The summed E-state index contributed by atoms with van der Waals surface area (Å²) < 4.78 is 1.99. The molecule has 1 saturated heterocycles. The molecule has 4 nitrogen and oxygen atoms in total. The summed E-state index contributed by atoms with van der Waals surface area (Å²) in [6.45, 7) is 3.38. The van der Waals surface area contributed by atoms with Gasteiger partial charge in [0.15, 0.2) is 0 Å².